The topological polar surface area (TPSA) is 62.2 Å². The molecule has 4 heterocycles. The molecule has 2 amide bonds. The quantitative estimate of drug-likeness (QED) is 0.703. The maximum atomic E-state index is 13.8. The molecular weight excluding hydrogens is 428 g/mol. The van der Waals surface area contributed by atoms with E-state index in [1.165, 1.54) is 12.1 Å². The van der Waals surface area contributed by atoms with Crippen molar-refractivity contribution >= 4 is 17.9 Å². The van der Waals surface area contributed by atoms with Gasteiger partial charge in [0.2, 0.25) is 0 Å². The molecular formula is C25H23F2N3O3. The first-order valence-electron chi connectivity index (χ1n) is 11.3. The van der Waals surface area contributed by atoms with Gasteiger partial charge in [-0.05, 0) is 54.0 Å². The molecule has 0 radical (unpaired) electrons. The van der Waals surface area contributed by atoms with Gasteiger partial charge in [-0.25, -0.2) is 8.78 Å². The molecule has 2 aromatic carbocycles. The third kappa shape index (κ3) is 3.27. The van der Waals surface area contributed by atoms with Crippen molar-refractivity contribution in [2.24, 2.45) is 4.99 Å². The van der Waals surface area contributed by atoms with Crippen LogP contribution in [0.25, 0.3) is 6.08 Å². The van der Waals surface area contributed by atoms with Crippen LogP contribution >= 0.6 is 0 Å². The summed E-state index contributed by atoms with van der Waals surface area (Å²) in [6, 6.07) is 8.54. The Bertz CT molecular complexity index is 1270. The maximum absolute atomic E-state index is 13.8. The van der Waals surface area contributed by atoms with Crippen molar-refractivity contribution in [1.29, 1.82) is 0 Å². The van der Waals surface area contributed by atoms with E-state index in [1.54, 1.807) is 15.9 Å². The maximum Gasteiger partial charge on any atom is 0.257 e. The molecule has 6 nitrogen and oxygen atoms in total. The minimum atomic E-state index is -0.976. The van der Waals surface area contributed by atoms with E-state index in [1.807, 2.05) is 18.2 Å². The van der Waals surface area contributed by atoms with E-state index in [-0.39, 0.29) is 11.8 Å². The van der Waals surface area contributed by atoms with E-state index in [0.29, 0.717) is 56.4 Å². The Morgan fingerprint density at radius 3 is 2.58 bits per heavy atom. The summed E-state index contributed by atoms with van der Waals surface area (Å²) in [4.78, 5) is 34.3. The third-order valence-electron chi connectivity index (χ3n) is 7.29. The van der Waals surface area contributed by atoms with Gasteiger partial charge in [-0.2, -0.15) is 0 Å². The second-order valence-corrected chi connectivity index (χ2v) is 9.19. The van der Waals surface area contributed by atoms with E-state index < -0.39 is 29.5 Å². The minimum Gasteiger partial charge on any atom is -0.342 e. The van der Waals surface area contributed by atoms with E-state index in [2.05, 4.69) is 4.99 Å². The second kappa shape index (κ2) is 7.45. The Kier molecular flexibility index (Phi) is 4.62. The van der Waals surface area contributed by atoms with Crippen LogP contribution in [0.3, 0.4) is 0 Å². The molecule has 8 heteroatoms. The number of hydrogen-bond acceptors (Lipinski definition) is 4. The first-order valence-corrected chi connectivity index (χ1v) is 11.3. The molecule has 33 heavy (non-hydrogen) atoms. The summed E-state index contributed by atoms with van der Waals surface area (Å²) in [6.07, 6.45) is 3.63. The Labute approximate surface area is 189 Å². The molecule has 0 bridgehead atoms. The normalized spacial score (nSPS) is 25.1. The molecule has 0 aromatic heterocycles. The van der Waals surface area contributed by atoms with Crippen LogP contribution < -0.4 is 10.6 Å². The first kappa shape index (κ1) is 20.5. The summed E-state index contributed by atoms with van der Waals surface area (Å²) in [5.74, 6) is -1.51. The largest absolute Gasteiger partial charge is 0.342 e. The van der Waals surface area contributed by atoms with Gasteiger partial charge in [0.25, 0.3) is 11.8 Å². The van der Waals surface area contributed by atoms with E-state index in [4.69, 9.17) is 4.74 Å². The second-order valence-electron chi connectivity index (χ2n) is 9.19. The van der Waals surface area contributed by atoms with Crippen LogP contribution in [0.5, 0.6) is 0 Å². The van der Waals surface area contributed by atoms with Crippen molar-refractivity contribution < 1.29 is 23.1 Å². The fourth-order valence-electron chi connectivity index (χ4n) is 5.63. The van der Waals surface area contributed by atoms with Gasteiger partial charge in [0.05, 0.1) is 17.9 Å². The van der Waals surface area contributed by atoms with Crippen molar-refractivity contribution in [2.45, 2.75) is 43.6 Å². The van der Waals surface area contributed by atoms with Crippen LogP contribution in [0, 0.1) is 11.6 Å². The molecule has 0 saturated carbocycles. The summed E-state index contributed by atoms with van der Waals surface area (Å²) in [6.45, 7) is 1.46. The summed E-state index contributed by atoms with van der Waals surface area (Å²) in [7, 11) is 0. The van der Waals surface area contributed by atoms with Gasteiger partial charge in [-0.1, -0.05) is 6.08 Å². The van der Waals surface area contributed by atoms with Crippen LogP contribution in [0.4, 0.5) is 8.78 Å². The van der Waals surface area contributed by atoms with Crippen LogP contribution in [0.1, 0.15) is 47.6 Å². The molecule has 3 saturated heterocycles. The molecule has 1 spiro atoms. The van der Waals surface area contributed by atoms with Gasteiger partial charge in [0.15, 0.2) is 5.60 Å². The standard InChI is InChI=1S/C25H23F2N3O3/c26-18-12-17(13-19(27)14-18)21-3-4-22-30(21)24(32)25(33-22)6-9-29(10-7-25)23(31)16-1-2-20-15(11-16)5-8-28-20/h1-2,5,11-14,21-22H,3-4,6-10H2/t21-,22+/m0/s1. The van der Waals surface area contributed by atoms with Crippen molar-refractivity contribution in [3.05, 3.63) is 69.7 Å². The molecule has 0 unspecified atom stereocenters. The number of ether oxygens (including phenoxy) is 1. The lowest BCUT2D eigenvalue weighted by molar-refractivity contribution is -0.142. The lowest BCUT2D eigenvalue weighted by Gasteiger charge is -2.37. The van der Waals surface area contributed by atoms with Gasteiger partial charge in [-0.3, -0.25) is 14.6 Å². The van der Waals surface area contributed by atoms with Crippen molar-refractivity contribution in [3.8, 4) is 0 Å². The van der Waals surface area contributed by atoms with Crippen molar-refractivity contribution in [3.63, 3.8) is 0 Å². The molecule has 6 rings (SSSR count). The number of fused-ring (bicyclic) bond motifs is 2. The molecule has 4 aliphatic rings. The number of amides is 2. The number of carbonyl (C=O) groups is 2. The minimum absolute atomic E-state index is 0.0630. The molecule has 4 aliphatic heterocycles. The molecule has 2 aromatic rings. The van der Waals surface area contributed by atoms with Gasteiger partial charge in [0.1, 0.15) is 17.9 Å². The number of likely N-dealkylation sites (tertiary alicyclic amines) is 1. The van der Waals surface area contributed by atoms with Crippen molar-refractivity contribution in [2.75, 3.05) is 19.6 Å². The number of rotatable bonds is 2. The number of hydrogen-bond donors (Lipinski definition) is 0. The smallest absolute Gasteiger partial charge is 0.257 e. The Balaban J connectivity index is 1.18. The van der Waals surface area contributed by atoms with Crippen LogP contribution in [0.2, 0.25) is 0 Å². The summed E-state index contributed by atoms with van der Waals surface area (Å²) >= 11 is 0. The Morgan fingerprint density at radius 2 is 1.82 bits per heavy atom. The highest BCUT2D eigenvalue weighted by atomic mass is 19.1. The Hall–Kier alpha value is -3.13. The van der Waals surface area contributed by atoms with Crippen LogP contribution in [-0.2, 0) is 9.53 Å². The average molecular weight is 451 g/mol. The lowest BCUT2D eigenvalue weighted by Crippen LogP contribution is -2.51. The monoisotopic (exact) mass is 451 g/mol. The fourth-order valence-corrected chi connectivity index (χ4v) is 5.63. The molecule has 170 valence electrons. The molecule has 0 N–H and O–H groups in total. The molecule has 3 fully saturated rings. The zero-order chi connectivity index (χ0) is 22.7. The molecule has 2 atom stereocenters. The van der Waals surface area contributed by atoms with E-state index in [9.17, 15) is 18.4 Å². The average Bonchev–Trinajstić information content (AvgIpc) is 3.49. The van der Waals surface area contributed by atoms with Crippen molar-refractivity contribution in [1.82, 2.24) is 9.80 Å². The summed E-state index contributed by atoms with van der Waals surface area (Å²) in [5, 5.41) is 1.88. The third-order valence-corrected chi connectivity index (χ3v) is 7.29. The number of piperidine rings is 1. The van der Waals surface area contributed by atoms with Crippen LogP contribution in [-0.4, -0.2) is 53.1 Å². The summed E-state index contributed by atoms with van der Waals surface area (Å²) in [5.41, 5.74) is 0.0960. The number of carbonyl (C=O) groups excluding carboxylic acids is 2. The highest BCUT2D eigenvalue weighted by Gasteiger charge is 2.58. The highest BCUT2D eigenvalue weighted by molar-refractivity contribution is 5.95. The highest BCUT2D eigenvalue weighted by Crippen LogP contribution is 2.47. The summed E-state index contributed by atoms with van der Waals surface area (Å²) < 4.78 is 33.8. The van der Waals surface area contributed by atoms with Gasteiger partial charge < -0.3 is 14.5 Å². The predicted molar refractivity (Wildman–Crippen MR) is 114 cm³/mol. The lowest BCUT2D eigenvalue weighted by atomic mass is 9.89. The predicted octanol–water partition coefficient (Wildman–Crippen LogP) is 2.07. The first-order chi connectivity index (χ1) is 15.9. The number of nitrogens with zero attached hydrogens (tertiary/aromatic N) is 3. The van der Waals surface area contributed by atoms with Gasteiger partial charge in [-0.15, -0.1) is 0 Å². The van der Waals surface area contributed by atoms with E-state index in [0.717, 1.165) is 16.6 Å². The zero-order valence-corrected chi connectivity index (χ0v) is 18.0. The Morgan fingerprint density at radius 1 is 1.06 bits per heavy atom. The SMILES string of the molecule is O=C(c1ccc2c(c1)=CCN=2)N1CCC2(CC1)O[C@@H]1CC[C@@H](c3cc(F)cc(F)c3)N1C2=O. The number of benzene rings is 2. The molecule has 0 aliphatic carbocycles. The number of halogens is 2. The fraction of sp³-hybridized carbons (Fsp3) is 0.400. The van der Waals surface area contributed by atoms with Gasteiger partial charge >= 0.3 is 0 Å². The van der Waals surface area contributed by atoms with Gasteiger partial charge in [0, 0.05) is 37.6 Å². The zero-order valence-electron chi connectivity index (χ0n) is 18.0. The van der Waals surface area contributed by atoms with Crippen LogP contribution in [0.15, 0.2) is 41.4 Å². The van der Waals surface area contributed by atoms with E-state index >= 15 is 0 Å².